The molecular formula is C7H13NS. The summed E-state index contributed by atoms with van der Waals surface area (Å²) < 4.78 is 0. The van der Waals surface area contributed by atoms with E-state index in [1.807, 2.05) is 0 Å². The molecule has 0 aromatic rings. The molecule has 0 aromatic heterocycles. The van der Waals surface area contributed by atoms with Crippen LogP contribution in [0, 0.1) is 5.92 Å². The van der Waals surface area contributed by atoms with Gasteiger partial charge in [0.2, 0.25) is 0 Å². The zero-order valence-corrected chi connectivity index (χ0v) is 7.00. The first-order valence-electron chi connectivity index (χ1n) is 3.21. The second-order valence-corrected chi connectivity index (χ2v) is 3.77. The summed E-state index contributed by atoms with van der Waals surface area (Å²) in [6.07, 6.45) is 0. The van der Waals surface area contributed by atoms with Crippen LogP contribution in [0.25, 0.3) is 0 Å². The zero-order valence-electron chi connectivity index (χ0n) is 6.10. The highest BCUT2D eigenvalue weighted by molar-refractivity contribution is 8.01. The third-order valence-corrected chi connectivity index (χ3v) is 2.25. The Kier molecular flexibility index (Phi) is 1.96. The average molecular weight is 143 g/mol. The topological polar surface area (TPSA) is 12.0 Å². The number of allylic oxidation sites excluding steroid dienone is 1. The summed E-state index contributed by atoms with van der Waals surface area (Å²) in [6.45, 7) is 6.52. The lowest BCUT2D eigenvalue weighted by molar-refractivity contribution is 0.732. The molecule has 0 saturated carbocycles. The molecule has 0 saturated heterocycles. The molecule has 0 aromatic carbocycles. The molecule has 0 aliphatic carbocycles. The predicted molar refractivity (Wildman–Crippen MR) is 45.7 cm³/mol. The number of hydrogen-bond donors (Lipinski definition) is 2. The molecule has 1 nitrogen and oxygen atoms in total. The fourth-order valence-corrected chi connectivity index (χ4v) is 1.62. The van der Waals surface area contributed by atoms with Gasteiger partial charge in [-0.2, -0.15) is 11.4 Å². The second-order valence-electron chi connectivity index (χ2n) is 2.58. The summed E-state index contributed by atoms with van der Waals surface area (Å²) in [7, 11) is 0. The van der Waals surface area contributed by atoms with Gasteiger partial charge in [-0.3, -0.25) is 0 Å². The quantitative estimate of drug-likeness (QED) is 0.420. The Morgan fingerprint density at radius 3 is 2.44 bits per heavy atom. The predicted octanol–water partition coefficient (Wildman–Crippen LogP) is 1.70. The monoisotopic (exact) mass is 143 g/mol. The van der Waals surface area contributed by atoms with Gasteiger partial charge in [-0.15, -0.1) is 0 Å². The van der Waals surface area contributed by atoms with Crippen LogP contribution in [0.1, 0.15) is 20.8 Å². The van der Waals surface area contributed by atoms with Crippen molar-refractivity contribution in [2.24, 2.45) is 5.92 Å². The van der Waals surface area contributed by atoms with Crippen LogP contribution >= 0.6 is 11.4 Å². The fraction of sp³-hybridized carbons (Fsp3) is 0.571. The Balaban J connectivity index is 2.54. The van der Waals surface area contributed by atoms with Crippen molar-refractivity contribution in [2.75, 3.05) is 0 Å². The van der Waals surface area contributed by atoms with E-state index in [4.69, 9.17) is 0 Å². The molecule has 0 fully saturated rings. The van der Waals surface area contributed by atoms with Crippen molar-refractivity contribution >= 4 is 16.3 Å². The summed E-state index contributed by atoms with van der Waals surface area (Å²) in [6, 6.07) is 0. The highest BCUT2D eigenvalue weighted by Gasteiger charge is 2.05. The van der Waals surface area contributed by atoms with Crippen LogP contribution in [0.5, 0.6) is 0 Å². The molecular weight excluding hydrogens is 130 g/mol. The summed E-state index contributed by atoms with van der Waals surface area (Å²) in [5.41, 5.74) is 1.37. The van der Waals surface area contributed by atoms with E-state index in [0.717, 1.165) is 0 Å². The molecule has 9 heavy (non-hydrogen) atoms. The summed E-state index contributed by atoms with van der Waals surface area (Å²) in [5, 5.41) is 5.55. The fourth-order valence-electron chi connectivity index (χ4n) is 0.733. The molecule has 1 N–H and O–H groups in total. The molecule has 1 rings (SSSR count). The van der Waals surface area contributed by atoms with Crippen LogP contribution in [-0.4, -0.2) is 4.99 Å². The van der Waals surface area contributed by atoms with E-state index in [0.29, 0.717) is 5.92 Å². The highest BCUT2D eigenvalue weighted by atomic mass is 32.1. The molecule has 52 valence electrons. The van der Waals surface area contributed by atoms with Crippen molar-refractivity contribution in [1.82, 2.24) is 5.32 Å². The van der Waals surface area contributed by atoms with Gasteiger partial charge in [-0.1, -0.05) is 13.8 Å². The minimum atomic E-state index is 0.648. The molecule has 0 bridgehead atoms. The first kappa shape index (κ1) is 6.87. The molecule has 1 heterocycles. The Bertz CT molecular complexity index is 168. The molecule has 2 heteroatoms. The van der Waals surface area contributed by atoms with E-state index in [1.54, 1.807) is 0 Å². The Morgan fingerprint density at radius 1 is 1.56 bits per heavy atom. The lowest BCUT2D eigenvalue weighted by Gasteiger charge is -2.07. The SMILES string of the molecule is CC1=[SH]C=C(C(C)C)N1. The van der Waals surface area contributed by atoms with Crippen molar-refractivity contribution in [3.8, 4) is 0 Å². The third kappa shape index (κ3) is 1.58. The van der Waals surface area contributed by atoms with Crippen LogP contribution in [0.4, 0.5) is 0 Å². The normalized spacial score (nSPS) is 18.2. The summed E-state index contributed by atoms with van der Waals surface area (Å²) in [5.74, 6) is 0.648. The molecule has 0 unspecified atom stereocenters. The van der Waals surface area contributed by atoms with Gasteiger partial charge in [0.05, 0.1) is 0 Å². The molecule has 0 amide bonds. The van der Waals surface area contributed by atoms with Crippen LogP contribution < -0.4 is 5.32 Å². The third-order valence-electron chi connectivity index (χ3n) is 1.34. The minimum absolute atomic E-state index is 0.648. The zero-order chi connectivity index (χ0) is 6.85. The number of hydrogen-bond acceptors (Lipinski definition) is 1. The average Bonchev–Trinajstić information content (AvgIpc) is 2.14. The van der Waals surface area contributed by atoms with E-state index in [9.17, 15) is 0 Å². The minimum Gasteiger partial charge on any atom is -0.357 e. The van der Waals surface area contributed by atoms with Crippen molar-refractivity contribution in [1.29, 1.82) is 0 Å². The van der Waals surface area contributed by atoms with E-state index >= 15 is 0 Å². The largest absolute Gasteiger partial charge is 0.357 e. The molecule has 0 atom stereocenters. The van der Waals surface area contributed by atoms with Gasteiger partial charge in [0, 0.05) is 10.7 Å². The van der Waals surface area contributed by atoms with Crippen LogP contribution in [0.3, 0.4) is 0 Å². The van der Waals surface area contributed by atoms with Crippen molar-refractivity contribution < 1.29 is 0 Å². The van der Waals surface area contributed by atoms with Gasteiger partial charge >= 0.3 is 0 Å². The standard InChI is InChI=1S/C7H13NS/c1-5(2)7-4-9-6(3)8-7/h4-5,8-9H,1-3H3. The number of thiol groups is 1. The first-order chi connectivity index (χ1) is 4.20. The van der Waals surface area contributed by atoms with Gasteiger partial charge in [0.15, 0.2) is 0 Å². The van der Waals surface area contributed by atoms with Gasteiger partial charge < -0.3 is 5.32 Å². The lowest BCUT2D eigenvalue weighted by atomic mass is 10.2. The Labute approximate surface area is 60.1 Å². The van der Waals surface area contributed by atoms with E-state index in [1.165, 1.54) is 22.0 Å². The van der Waals surface area contributed by atoms with Crippen LogP contribution in [0.2, 0.25) is 0 Å². The van der Waals surface area contributed by atoms with Crippen molar-refractivity contribution in [3.05, 3.63) is 11.1 Å². The van der Waals surface area contributed by atoms with Crippen LogP contribution in [0.15, 0.2) is 11.1 Å². The first-order valence-corrected chi connectivity index (χ1v) is 4.18. The van der Waals surface area contributed by atoms with E-state index in [-0.39, 0.29) is 0 Å². The molecule has 1 aliphatic rings. The molecule has 0 spiro atoms. The number of rotatable bonds is 1. The molecule has 0 radical (unpaired) electrons. The molecule has 1 aliphatic heterocycles. The Morgan fingerprint density at radius 2 is 2.22 bits per heavy atom. The van der Waals surface area contributed by atoms with Crippen molar-refractivity contribution in [2.45, 2.75) is 20.8 Å². The van der Waals surface area contributed by atoms with Crippen LogP contribution in [-0.2, 0) is 0 Å². The van der Waals surface area contributed by atoms with Gasteiger partial charge in [-0.05, 0) is 18.2 Å². The maximum Gasteiger partial charge on any atom is 0.0373 e. The maximum absolute atomic E-state index is 3.32. The Hall–Kier alpha value is -0.240. The van der Waals surface area contributed by atoms with Gasteiger partial charge in [0.25, 0.3) is 0 Å². The van der Waals surface area contributed by atoms with Gasteiger partial charge in [-0.25, -0.2) is 0 Å². The smallest absolute Gasteiger partial charge is 0.0373 e. The number of nitrogens with one attached hydrogen (secondary N) is 1. The summed E-state index contributed by atoms with van der Waals surface area (Å²) >= 11 is 1.34. The maximum atomic E-state index is 3.32. The van der Waals surface area contributed by atoms with Crippen molar-refractivity contribution in [3.63, 3.8) is 0 Å². The summed E-state index contributed by atoms with van der Waals surface area (Å²) in [4.78, 5) is 1.35. The second kappa shape index (κ2) is 2.56. The van der Waals surface area contributed by atoms with E-state index in [2.05, 4.69) is 31.5 Å². The highest BCUT2D eigenvalue weighted by Crippen LogP contribution is 2.14. The van der Waals surface area contributed by atoms with E-state index < -0.39 is 0 Å². The lowest BCUT2D eigenvalue weighted by Crippen LogP contribution is -2.17. The van der Waals surface area contributed by atoms with Gasteiger partial charge in [0.1, 0.15) is 0 Å².